The molecule has 1 aromatic carbocycles. The van der Waals surface area contributed by atoms with Gasteiger partial charge >= 0.3 is 0 Å². The molecule has 0 unspecified atom stereocenters. The van der Waals surface area contributed by atoms with E-state index in [1.54, 1.807) is 0 Å². The highest BCUT2D eigenvalue weighted by Gasteiger charge is 2.37. The first-order valence-electron chi connectivity index (χ1n) is 9.83. The lowest BCUT2D eigenvalue weighted by atomic mass is 9.87. The second-order valence-corrected chi connectivity index (χ2v) is 8.15. The smallest absolute Gasteiger partial charge is 0.228 e. The molecule has 1 saturated heterocycles. The number of carbonyl (C=O) groups excluding carboxylic acids is 1. The van der Waals surface area contributed by atoms with Crippen molar-refractivity contribution in [1.29, 1.82) is 0 Å². The number of benzene rings is 1. The minimum atomic E-state index is 0.0283. The Hall–Kier alpha value is -2.40. The van der Waals surface area contributed by atoms with Gasteiger partial charge in [-0.15, -0.1) is 0 Å². The van der Waals surface area contributed by atoms with Gasteiger partial charge in [0.1, 0.15) is 5.82 Å². The van der Waals surface area contributed by atoms with Gasteiger partial charge in [-0.25, -0.2) is 4.98 Å². The second-order valence-electron chi connectivity index (χ2n) is 8.15. The van der Waals surface area contributed by atoms with Gasteiger partial charge in [0.15, 0.2) is 0 Å². The zero-order valence-corrected chi connectivity index (χ0v) is 16.3. The third-order valence-corrected chi connectivity index (χ3v) is 5.77. The zero-order valence-electron chi connectivity index (χ0n) is 16.3. The molecule has 1 amide bonds. The average Bonchev–Trinajstić information content (AvgIpc) is 2.99. The van der Waals surface area contributed by atoms with E-state index in [2.05, 4.69) is 52.9 Å². The maximum absolute atomic E-state index is 12.9. The Kier molecular flexibility index (Phi) is 4.87. The number of rotatable bonds is 4. The monoisotopic (exact) mass is 364 g/mol. The molecular weight excluding hydrogens is 336 g/mol. The number of fused-ring (bicyclic) bond motifs is 1. The van der Waals surface area contributed by atoms with E-state index in [0.717, 1.165) is 50.8 Å². The van der Waals surface area contributed by atoms with Crippen LogP contribution in [0.25, 0.3) is 0 Å². The summed E-state index contributed by atoms with van der Waals surface area (Å²) in [6.07, 6.45) is 2.42. The molecule has 4 rings (SSSR count). The molecule has 0 bridgehead atoms. The molecule has 142 valence electrons. The normalized spacial score (nSPS) is 19.2. The van der Waals surface area contributed by atoms with Crippen molar-refractivity contribution < 1.29 is 4.79 Å². The summed E-state index contributed by atoms with van der Waals surface area (Å²) in [6, 6.07) is 14.4. The lowest BCUT2D eigenvalue weighted by Gasteiger charge is -2.35. The van der Waals surface area contributed by atoms with Crippen LogP contribution < -0.4 is 9.80 Å². The number of aromatic nitrogens is 1. The highest BCUT2D eigenvalue weighted by molar-refractivity contribution is 5.96. The number of piperazine rings is 1. The van der Waals surface area contributed by atoms with E-state index in [0.29, 0.717) is 6.42 Å². The van der Waals surface area contributed by atoms with Crippen LogP contribution in [0.2, 0.25) is 0 Å². The van der Waals surface area contributed by atoms with Crippen LogP contribution in [-0.4, -0.2) is 55.1 Å². The summed E-state index contributed by atoms with van der Waals surface area (Å²) in [6.45, 7) is 9.92. The van der Waals surface area contributed by atoms with Crippen LogP contribution in [-0.2, 0) is 10.2 Å². The van der Waals surface area contributed by atoms with Gasteiger partial charge in [-0.1, -0.05) is 38.1 Å². The molecule has 2 aliphatic heterocycles. The largest absolute Gasteiger partial charge is 0.354 e. The fourth-order valence-electron chi connectivity index (χ4n) is 4.20. The number of pyridine rings is 1. The highest BCUT2D eigenvalue weighted by atomic mass is 16.2. The van der Waals surface area contributed by atoms with E-state index < -0.39 is 0 Å². The molecule has 1 aromatic heterocycles. The van der Waals surface area contributed by atoms with Crippen molar-refractivity contribution >= 4 is 17.4 Å². The molecule has 27 heavy (non-hydrogen) atoms. The summed E-state index contributed by atoms with van der Waals surface area (Å²) >= 11 is 0. The van der Waals surface area contributed by atoms with E-state index in [1.165, 1.54) is 5.56 Å². The van der Waals surface area contributed by atoms with Crippen LogP contribution in [0.5, 0.6) is 0 Å². The molecule has 0 aliphatic carbocycles. The molecule has 0 N–H and O–H groups in total. The van der Waals surface area contributed by atoms with Gasteiger partial charge < -0.3 is 9.80 Å². The number of nitrogens with zero attached hydrogens (tertiary/aromatic N) is 4. The summed E-state index contributed by atoms with van der Waals surface area (Å²) in [4.78, 5) is 24.0. The van der Waals surface area contributed by atoms with Crippen molar-refractivity contribution in [3.8, 4) is 0 Å². The number of anilines is 2. The molecule has 1 fully saturated rings. The molecule has 5 nitrogen and oxygen atoms in total. The summed E-state index contributed by atoms with van der Waals surface area (Å²) in [5.41, 5.74) is 2.40. The number of carbonyl (C=O) groups is 1. The first kappa shape index (κ1) is 18.0. The second kappa shape index (κ2) is 7.31. The van der Waals surface area contributed by atoms with Crippen LogP contribution in [0.15, 0.2) is 48.7 Å². The molecule has 2 aliphatic rings. The van der Waals surface area contributed by atoms with Gasteiger partial charge in [-0.3, -0.25) is 9.69 Å². The predicted molar refractivity (Wildman–Crippen MR) is 109 cm³/mol. The minimum Gasteiger partial charge on any atom is -0.354 e. The number of para-hydroxylation sites is 1. The standard InChI is InChI=1S/C22H28N4O/c1-22(2)17-26(19-8-4-3-7-18(19)22)21(27)10-12-24-13-15-25(16-14-24)20-9-5-6-11-23-20/h3-9,11H,10,12-17H2,1-2H3. The van der Waals surface area contributed by atoms with Crippen molar-refractivity contribution in [2.75, 3.05) is 49.1 Å². The van der Waals surface area contributed by atoms with Crippen molar-refractivity contribution in [3.63, 3.8) is 0 Å². The number of hydrogen-bond donors (Lipinski definition) is 0. The summed E-state index contributed by atoms with van der Waals surface area (Å²) in [5.74, 6) is 1.28. The Balaban J connectivity index is 1.31. The Bertz CT molecular complexity index is 797. The van der Waals surface area contributed by atoms with Gasteiger partial charge in [0.25, 0.3) is 0 Å². The molecule has 3 heterocycles. The topological polar surface area (TPSA) is 39.7 Å². The van der Waals surface area contributed by atoms with E-state index in [1.807, 2.05) is 29.3 Å². The van der Waals surface area contributed by atoms with E-state index in [4.69, 9.17) is 0 Å². The van der Waals surface area contributed by atoms with Crippen LogP contribution in [0.4, 0.5) is 11.5 Å². The fourth-order valence-corrected chi connectivity index (χ4v) is 4.20. The van der Waals surface area contributed by atoms with Crippen molar-refractivity contribution in [2.24, 2.45) is 0 Å². The fraction of sp³-hybridized carbons (Fsp3) is 0.455. The van der Waals surface area contributed by atoms with Gasteiger partial charge in [0.2, 0.25) is 5.91 Å². The van der Waals surface area contributed by atoms with Crippen molar-refractivity contribution in [3.05, 3.63) is 54.2 Å². The Morgan fingerprint density at radius 2 is 1.78 bits per heavy atom. The van der Waals surface area contributed by atoms with E-state index in [9.17, 15) is 4.79 Å². The molecule has 5 heteroatoms. The first-order valence-corrected chi connectivity index (χ1v) is 9.83. The summed E-state index contributed by atoms with van der Waals surface area (Å²) in [5, 5.41) is 0. The molecular formula is C22H28N4O. The molecule has 2 aromatic rings. The van der Waals surface area contributed by atoms with E-state index in [-0.39, 0.29) is 11.3 Å². The minimum absolute atomic E-state index is 0.0283. The van der Waals surface area contributed by atoms with Crippen LogP contribution in [0.1, 0.15) is 25.8 Å². The van der Waals surface area contributed by atoms with Gasteiger partial charge in [0.05, 0.1) is 0 Å². The Morgan fingerprint density at radius 1 is 1.04 bits per heavy atom. The summed E-state index contributed by atoms with van der Waals surface area (Å²) < 4.78 is 0. The van der Waals surface area contributed by atoms with Gasteiger partial charge in [-0.2, -0.15) is 0 Å². The van der Waals surface area contributed by atoms with Crippen molar-refractivity contribution in [2.45, 2.75) is 25.7 Å². The highest BCUT2D eigenvalue weighted by Crippen LogP contribution is 2.40. The van der Waals surface area contributed by atoms with Gasteiger partial charge in [-0.05, 0) is 23.8 Å². The lowest BCUT2D eigenvalue weighted by Crippen LogP contribution is -2.47. The van der Waals surface area contributed by atoms with Gasteiger partial charge in [0, 0.05) is 63.0 Å². The lowest BCUT2D eigenvalue weighted by molar-refractivity contribution is -0.119. The number of hydrogen-bond acceptors (Lipinski definition) is 4. The average molecular weight is 364 g/mol. The third kappa shape index (κ3) is 3.69. The Morgan fingerprint density at radius 3 is 2.52 bits per heavy atom. The predicted octanol–water partition coefficient (Wildman–Crippen LogP) is 2.92. The molecule has 0 saturated carbocycles. The quantitative estimate of drug-likeness (QED) is 0.836. The van der Waals surface area contributed by atoms with Crippen molar-refractivity contribution in [1.82, 2.24) is 9.88 Å². The molecule has 0 atom stereocenters. The zero-order chi connectivity index (χ0) is 18.9. The van der Waals surface area contributed by atoms with Crippen LogP contribution in [0, 0.1) is 0 Å². The Labute approximate surface area is 161 Å². The van der Waals surface area contributed by atoms with E-state index >= 15 is 0 Å². The first-order chi connectivity index (χ1) is 13.0. The number of amides is 1. The molecule has 0 radical (unpaired) electrons. The van der Waals surface area contributed by atoms with Crippen LogP contribution in [0.3, 0.4) is 0 Å². The maximum atomic E-state index is 12.9. The van der Waals surface area contributed by atoms with Crippen LogP contribution >= 0.6 is 0 Å². The SMILES string of the molecule is CC1(C)CN(C(=O)CCN2CCN(c3ccccn3)CC2)c2ccccc21. The third-order valence-electron chi connectivity index (χ3n) is 5.77. The summed E-state index contributed by atoms with van der Waals surface area (Å²) in [7, 11) is 0. The maximum Gasteiger partial charge on any atom is 0.228 e. The molecule has 0 spiro atoms.